The zero-order chi connectivity index (χ0) is 17.9. The Hall–Kier alpha value is -1.01. The highest BCUT2D eigenvalue weighted by atomic mass is 35.5. The molecule has 130 valence electrons. The summed E-state index contributed by atoms with van der Waals surface area (Å²) < 4.78 is 153. The van der Waals surface area contributed by atoms with Crippen LogP contribution < -0.4 is 0 Å². The number of ether oxygens (including phenoxy) is 1. The van der Waals surface area contributed by atoms with Crippen LogP contribution in [0.2, 0.25) is 0 Å². The summed E-state index contributed by atoms with van der Waals surface area (Å²) in [5.41, 5.74) is 0. The molecular formula is C8HClF12O. The van der Waals surface area contributed by atoms with Crippen molar-refractivity contribution in [3.63, 3.8) is 0 Å². The van der Waals surface area contributed by atoms with Crippen molar-refractivity contribution in [1.82, 2.24) is 0 Å². The van der Waals surface area contributed by atoms with Gasteiger partial charge in [-0.25, -0.2) is 0 Å². The van der Waals surface area contributed by atoms with Gasteiger partial charge in [-0.2, -0.15) is 52.7 Å². The molecule has 0 aromatic carbocycles. The third kappa shape index (κ3) is 2.56. The highest BCUT2D eigenvalue weighted by Gasteiger charge is 2.82. The van der Waals surface area contributed by atoms with E-state index in [0.29, 0.717) is 0 Å². The highest BCUT2D eigenvalue weighted by molar-refractivity contribution is 6.31. The smallest absolute Gasteiger partial charge is 0.434 e. The van der Waals surface area contributed by atoms with Gasteiger partial charge in [0.05, 0.1) is 0 Å². The van der Waals surface area contributed by atoms with Crippen molar-refractivity contribution in [2.45, 2.75) is 36.2 Å². The summed E-state index contributed by atoms with van der Waals surface area (Å²) in [4.78, 5) is 0. The molecule has 0 bridgehead atoms. The van der Waals surface area contributed by atoms with E-state index in [2.05, 4.69) is 16.3 Å². The van der Waals surface area contributed by atoms with Crippen LogP contribution in [0.25, 0.3) is 0 Å². The lowest BCUT2D eigenvalue weighted by Gasteiger charge is -2.28. The van der Waals surface area contributed by atoms with E-state index in [9.17, 15) is 52.7 Å². The van der Waals surface area contributed by atoms with Crippen molar-refractivity contribution in [3.05, 3.63) is 10.8 Å². The Morgan fingerprint density at radius 3 is 1.36 bits per heavy atom. The van der Waals surface area contributed by atoms with Crippen LogP contribution in [0.1, 0.15) is 0 Å². The molecule has 0 N–H and O–H groups in total. The van der Waals surface area contributed by atoms with E-state index in [-0.39, 0.29) is 0 Å². The zero-order valence-corrected chi connectivity index (χ0v) is 10.2. The molecule has 0 aromatic heterocycles. The van der Waals surface area contributed by atoms with Crippen LogP contribution in [-0.4, -0.2) is 36.2 Å². The lowest BCUT2D eigenvalue weighted by Crippen LogP contribution is -2.51. The van der Waals surface area contributed by atoms with Crippen LogP contribution in [-0.2, 0) is 4.74 Å². The normalized spacial score (nSPS) is 24.1. The van der Waals surface area contributed by atoms with Gasteiger partial charge in [-0.15, -0.1) is 0 Å². The molecule has 1 aliphatic rings. The van der Waals surface area contributed by atoms with Gasteiger partial charge in [-0.05, 0) is 0 Å². The second-order valence-electron chi connectivity index (χ2n) is 3.95. The van der Waals surface area contributed by atoms with Gasteiger partial charge < -0.3 is 4.74 Å². The minimum absolute atomic E-state index is 2.73. The second kappa shape index (κ2) is 4.74. The number of rotatable bonds is 2. The van der Waals surface area contributed by atoms with Crippen LogP contribution in [0.5, 0.6) is 0 Å². The summed E-state index contributed by atoms with van der Waals surface area (Å²) in [7, 11) is 0. The maximum Gasteiger partial charge on any atom is 0.434 e. The van der Waals surface area contributed by atoms with Crippen molar-refractivity contribution in [2.24, 2.45) is 0 Å². The maximum absolute atomic E-state index is 13.0. The molecule has 0 saturated carbocycles. The Balaban J connectivity index is 3.40. The fourth-order valence-corrected chi connectivity index (χ4v) is 1.60. The van der Waals surface area contributed by atoms with Gasteiger partial charge in [0.2, 0.25) is 0 Å². The van der Waals surface area contributed by atoms with Gasteiger partial charge in [0.15, 0.2) is 5.76 Å². The van der Waals surface area contributed by atoms with Crippen molar-refractivity contribution in [1.29, 1.82) is 0 Å². The molecule has 0 aliphatic heterocycles. The molecule has 0 atom stereocenters. The van der Waals surface area contributed by atoms with Crippen molar-refractivity contribution < 1.29 is 57.4 Å². The van der Waals surface area contributed by atoms with Crippen LogP contribution >= 0.6 is 11.6 Å². The van der Waals surface area contributed by atoms with E-state index >= 15 is 0 Å². The van der Waals surface area contributed by atoms with Gasteiger partial charge in [0.1, 0.15) is 5.03 Å². The molecule has 0 spiro atoms. The predicted octanol–water partition coefficient (Wildman–Crippen LogP) is 4.87. The number of allylic oxidation sites excluding steroid dienone is 2. The monoisotopic (exact) mass is 376 g/mol. The summed E-state index contributed by atoms with van der Waals surface area (Å²) in [5.74, 6) is -21.7. The largest absolute Gasteiger partial charge is 0.468 e. The van der Waals surface area contributed by atoms with Gasteiger partial charge in [-0.1, -0.05) is 11.6 Å². The molecule has 0 fully saturated rings. The quantitative estimate of drug-likeness (QED) is 0.625. The third-order valence-corrected chi connectivity index (χ3v) is 2.79. The summed E-state index contributed by atoms with van der Waals surface area (Å²) >= 11 is 4.39. The van der Waals surface area contributed by atoms with E-state index in [1.807, 2.05) is 0 Å². The summed E-state index contributed by atoms with van der Waals surface area (Å²) in [6.45, 7) is 0. The van der Waals surface area contributed by atoms with Gasteiger partial charge in [0.25, 0.3) is 6.10 Å². The van der Waals surface area contributed by atoms with E-state index in [0.717, 1.165) is 0 Å². The van der Waals surface area contributed by atoms with E-state index in [4.69, 9.17) is 0 Å². The molecule has 0 saturated heterocycles. The summed E-state index contributed by atoms with van der Waals surface area (Å²) in [5, 5.41) is -2.94. The van der Waals surface area contributed by atoms with Crippen LogP contribution in [0.3, 0.4) is 0 Å². The zero-order valence-electron chi connectivity index (χ0n) is 9.40. The number of halogens is 13. The van der Waals surface area contributed by atoms with E-state index in [1.54, 1.807) is 0 Å². The molecule has 0 amide bonds. The van der Waals surface area contributed by atoms with Crippen LogP contribution in [0.15, 0.2) is 10.8 Å². The lowest BCUT2D eigenvalue weighted by molar-refractivity contribution is -0.325. The van der Waals surface area contributed by atoms with Crippen LogP contribution in [0, 0.1) is 0 Å². The number of hydrogen-bond donors (Lipinski definition) is 0. The Kier molecular flexibility index (Phi) is 4.10. The fraction of sp³-hybridized carbons (Fsp3) is 0.750. The van der Waals surface area contributed by atoms with Gasteiger partial charge >= 0.3 is 30.1 Å². The maximum atomic E-state index is 13.0. The Morgan fingerprint density at radius 2 is 1.14 bits per heavy atom. The predicted molar refractivity (Wildman–Crippen MR) is 44.7 cm³/mol. The molecular weight excluding hydrogens is 376 g/mol. The molecule has 0 unspecified atom stereocenters. The van der Waals surface area contributed by atoms with E-state index < -0.39 is 47.0 Å². The summed E-state index contributed by atoms with van der Waals surface area (Å²) in [6.07, 6.45) is -17.8. The Labute approximate surface area is 117 Å². The molecule has 0 radical (unpaired) electrons. The van der Waals surface area contributed by atoms with E-state index in [1.165, 1.54) is 0 Å². The second-order valence-corrected chi connectivity index (χ2v) is 4.33. The topological polar surface area (TPSA) is 9.23 Å². The van der Waals surface area contributed by atoms with Gasteiger partial charge in [-0.3, -0.25) is 0 Å². The SMILES string of the molecule is FC(F)(F)C(OC1=C(Cl)C(F)(F)C(F)(F)C1(F)F)C(F)(F)F. The third-order valence-electron chi connectivity index (χ3n) is 2.38. The van der Waals surface area contributed by atoms with Crippen molar-refractivity contribution >= 4 is 11.6 Å². The first-order chi connectivity index (χ1) is 9.38. The molecule has 1 nitrogen and oxygen atoms in total. The highest BCUT2D eigenvalue weighted by Crippen LogP contribution is 2.61. The first-order valence-corrected chi connectivity index (χ1v) is 5.10. The van der Waals surface area contributed by atoms with Crippen molar-refractivity contribution in [3.8, 4) is 0 Å². The van der Waals surface area contributed by atoms with Crippen LogP contribution in [0.4, 0.5) is 52.7 Å². The molecule has 22 heavy (non-hydrogen) atoms. The first kappa shape index (κ1) is 19.0. The van der Waals surface area contributed by atoms with Gasteiger partial charge in [0, 0.05) is 0 Å². The minimum atomic E-state index is -6.40. The molecule has 14 heteroatoms. The molecule has 0 aromatic rings. The lowest BCUT2D eigenvalue weighted by atomic mass is 10.1. The standard InChI is InChI=1S/C8HClF12O/c9-1-2(5(12,13)8(20,21)4(1,10)11)22-3(6(14,15)16)7(17,18)19/h3H. The minimum Gasteiger partial charge on any atom is -0.468 e. The molecule has 1 rings (SSSR count). The Bertz CT molecular complexity index is 472. The fourth-order valence-electron chi connectivity index (χ4n) is 1.32. The van der Waals surface area contributed by atoms with Crippen molar-refractivity contribution in [2.75, 3.05) is 0 Å². The first-order valence-electron chi connectivity index (χ1n) is 4.72. The summed E-state index contributed by atoms with van der Waals surface area (Å²) in [6, 6.07) is 0. The number of hydrogen-bond acceptors (Lipinski definition) is 1. The molecule has 0 heterocycles. The molecule has 1 aliphatic carbocycles. The average Bonchev–Trinajstić information content (AvgIpc) is 2.31. The average molecular weight is 377 g/mol. The Morgan fingerprint density at radius 1 is 0.773 bits per heavy atom. The number of alkyl halides is 12.